The standard InChI is InChI=1S/C27H24FN5O4/c1-37-22-7-3-2-5-19(22)17-33-24-21(6-4-12-29-24)30-23(27(33)36)26(35)32-15-13-31(14-16-32)25(34)18-8-10-20(28)11-9-18/h2-12H,13-17H2,1H3. The number of hydrogen-bond acceptors (Lipinski definition) is 6. The molecule has 0 unspecified atom stereocenters. The Balaban J connectivity index is 1.40. The topological polar surface area (TPSA) is 97.6 Å². The first-order valence-electron chi connectivity index (χ1n) is 11.8. The molecule has 0 radical (unpaired) electrons. The van der Waals surface area contributed by atoms with Gasteiger partial charge in [-0.25, -0.2) is 14.4 Å². The van der Waals surface area contributed by atoms with Gasteiger partial charge in [0.2, 0.25) is 0 Å². The van der Waals surface area contributed by atoms with Crippen molar-refractivity contribution >= 4 is 23.0 Å². The Morgan fingerprint density at radius 3 is 2.30 bits per heavy atom. The van der Waals surface area contributed by atoms with Crippen molar-refractivity contribution in [2.24, 2.45) is 0 Å². The van der Waals surface area contributed by atoms with Gasteiger partial charge in [0.15, 0.2) is 11.3 Å². The number of nitrogens with zero attached hydrogens (tertiary/aromatic N) is 5. The monoisotopic (exact) mass is 501 g/mol. The molecule has 9 nitrogen and oxygen atoms in total. The van der Waals surface area contributed by atoms with E-state index in [4.69, 9.17) is 4.74 Å². The van der Waals surface area contributed by atoms with Crippen LogP contribution in [0.1, 0.15) is 26.4 Å². The maximum atomic E-state index is 13.5. The third kappa shape index (κ3) is 4.77. The number of carbonyl (C=O) groups is 2. The minimum absolute atomic E-state index is 0.152. The second-order valence-corrected chi connectivity index (χ2v) is 8.60. The van der Waals surface area contributed by atoms with Crippen LogP contribution in [0.5, 0.6) is 5.75 Å². The minimum Gasteiger partial charge on any atom is -0.496 e. The van der Waals surface area contributed by atoms with E-state index in [9.17, 15) is 18.8 Å². The van der Waals surface area contributed by atoms with E-state index < -0.39 is 17.3 Å². The molecule has 188 valence electrons. The number of rotatable bonds is 5. The Labute approximate surface area is 211 Å². The van der Waals surface area contributed by atoms with E-state index in [-0.39, 0.29) is 44.3 Å². The van der Waals surface area contributed by atoms with Crippen molar-refractivity contribution in [2.75, 3.05) is 33.3 Å². The number of para-hydroxylation sites is 1. The molecule has 1 aliphatic heterocycles. The first-order valence-corrected chi connectivity index (χ1v) is 11.8. The molecular weight excluding hydrogens is 477 g/mol. The molecule has 10 heteroatoms. The van der Waals surface area contributed by atoms with Crippen molar-refractivity contribution in [1.82, 2.24) is 24.3 Å². The highest BCUT2D eigenvalue weighted by molar-refractivity contribution is 5.95. The van der Waals surface area contributed by atoms with Gasteiger partial charge >= 0.3 is 0 Å². The maximum absolute atomic E-state index is 13.5. The molecule has 0 saturated carbocycles. The van der Waals surface area contributed by atoms with Crippen LogP contribution in [-0.4, -0.2) is 69.4 Å². The maximum Gasteiger partial charge on any atom is 0.284 e. The van der Waals surface area contributed by atoms with E-state index in [1.165, 1.54) is 33.7 Å². The highest BCUT2D eigenvalue weighted by Crippen LogP contribution is 2.20. The Morgan fingerprint density at radius 2 is 1.59 bits per heavy atom. The summed E-state index contributed by atoms with van der Waals surface area (Å²) in [5.41, 5.74) is 1.18. The number of benzene rings is 2. The van der Waals surface area contributed by atoms with Crippen molar-refractivity contribution in [2.45, 2.75) is 6.54 Å². The number of amides is 2. The lowest BCUT2D eigenvalue weighted by Crippen LogP contribution is -2.51. The van der Waals surface area contributed by atoms with Gasteiger partial charge in [0.05, 0.1) is 13.7 Å². The quantitative estimate of drug-likeness (QED) is 0.417. The first kappa shape index (κ1) is 24.1. The smallest absolute Gasteiger partial charge is 0.284 e. The molecule has 1 fully saturated rings. The van der Waals surface area contributed by atoms with Gasteiger partial charge in [-0.15, -0.1) is 0 Å². The zero-order valence-electron chi connectivity index (χ0n) is 20.1. The summed E-state index contributed by atoms with van der Waals surface area (Å²) in [6.45, 7) is 1.20. The molecule has 3 heterocycles. The number of piperazine rings is 1. The fraction of sp³-hybridized carbons (Fsp3) is 0.222. The number of fused-ring (bicyclic) bond motifs is 1. The van der Waals surface area contributed by atoms with E-state index >= 15 is 0 Å². The highest BCUT2D eigenvalue weighted by Gasteiger charge is 2.29. The first-order chi connectivity index (χ1) is 18.0. The second kappa shape index (κ2) is 10.2. The molecule has 37 heavy (non-hydrogen) atoms. The summed E-state index contributed by atoms with van der Waals surface area (Å²) >= 11 is 0. The molecule has 2 amide bonds. The average molecular weight is 502 g/mol. The van der Waals surface area contributed by atoms with Gasteiger partial charge in [-0.2, -0.15) is 0 Å². The van der Waals surface area contributed by atoms with Gasteiger partial charge < -0.3 is 14.5 Å². The number of methoxy groups -OCH3 is 1. The predicted molar refractivity (Wildman–Crippen MR) is 134 cm³/mol. The molecule has 0 spiro atoms. The third-order valence-corrected chi connectivity index (χ3v) is 6.37. The number of halogens is 1. The van der Waals surface area contributed by atoms with Crippen molar-refractivity contribution < 1.29 is 18.7 Å². The van der Waals surface area contributed by atoms with Crippen molar-refractivity contribution in [3.05, 3.63) is 99.9 Å². The summed E-state index contributed by atoms with van der Waals surface area (Å²) in [4.78, 5) is 51.5. The van der Waals surface area contributed by atoms with Crippen molar-refractivity contribution in [3.63, 3.8) is 0 Å². The Bertz CT molecular complexity index is 1530. The summed E-state index contributed by atoms with van der Waals surface area (Å²) in [6.07, 6.45) is 1.57. The Kier molecular flexibility index (Phi) is 6.63. The third-order valence-electron chi connectivity index (χ3n) is 6.37. The Morgan fingerprint density at radius 1 is 0.919 bits per heavy atom. The fourth-order valence-corrected chi connectivity index (χ4v) is 4.40. The highest BCUT2D eigenvalue weighted by atomic mass is 19.1. The lowest BCUT2D eigenvalue weighted by molar-refractivity contribution is 0.0531. The van der Waals surface area contributed by atoms with E-state index in [0.717, 1.165) is 5.56 Å². The minimum atomic E-state index is -0.549. The van der Waals surface area contributed by atoms with Gasteiger partial charge in [-0.3, -0.25) is 19.0 Å². The zero-order chi connectivity index (χ0) is 25.9. The van der Waals surface area contributed by atoms with Gasteiger partial charge in [-0.05, 0) is 42.5 Å². The molecule has 5 rings (SSSR count). The van der Waals surface area contributed by atoms with E-state index in [0.29, 0.717) is 22.5 Å². The van der Waals surface area contributed by atoms with E-state index in [1.807, 2.05) is 18.2 Å². The molecule has 0 N–H and O–H groups in total. The lowest BCUT2D eigenvalue weighted by Gasteiger charge is -2.34. The van der Waals surface area contributed by atoms with Crippen LogP contribution in [0.3, 0.4) is 0 Å². The SMILES string of the molecule is COc1ccccc1Cn1c(=O)c(C(=O)N2CCN(C(=O)c3ccc(F)cc3)CC2)nc2cccnc21. The summed E-state index contributed by atoms with van der Waals surface area (Å²) in [5.74, 6) is -0.536. The molecule has 0 aliphatic carbocycles. The summed E-state index contributed by atoms with van der Waals surface area (Å²) in [5, 5.41) is 0. The van der Waals surface area contributed by atoms with Crippen LogP contribution < -0.4 is 10.3 Å². The average Bonchev–Trinajstić information content (AvgIpc) is 2.94. The summed E-state index contributed by atoms with van der Waals surface area (Å²) in [7, 11) is 1.56. The van der Waals surface area contributed by atoms with Crippen LogP contribution in [0, 0.1) is 5.82 Å². The number of pyridine rings is 1. The fourth-order valence-electron chi connectivity index (χ4n) is 4.40. The van der Waals surface area contributed by atoms with Gasteiger partial charge in [-0.1, -0.05) is 18.2 Å². The van der Waals surface area contributed by atoms with Crippen LogP contribution in [-0.2, 0) is 6.54 Å². The number of carbonyl (C=O) groups excluding carboxylic acids is 2. The lowest BCUT2D eigenvalue weighted by atomic mass is 10.1. The molecular formula is C27H24FN5O4. The van der Waals surface area contributed by atoms with Crippen LogP contribution in [0.2, 0.25) is 0 Å². The van der Waals surface area contributed by atoms with Gasteiger partial charge in [0.1, 0.15) is 17.1 Å². The van der Waals surface area contributed by atoms with E-state index in [1.54, 1.807) is 36.4 Å². The number of aromatic nitrogens is 3. The van der Waals surface area contributed by atoms with Crippen molar-refractivity contribution in [1.29, 1.82) is 0 Å². The Hall–Kier alpha value is -4.60. The molecule has 0 atom stereocenters. The summed E-state index contributed by atoms with van der Waals surface area (Å²) < 4.78 is 20.1. The molecule has 2 aromatic heterocycles. The predicted octanol–water partition coefficient (Wildman–Crippen LogP) is 2.59. The normalized spacial score (nSPS) is 13.6. The largest absolute Gasteiger partial charge is 0.496 e. The van der Waals surface area contributed by atoms with E-state index in [2.05, 4.69) is 9.97 Å². The van der Waals surface area contributed by atoms with Gasteiger partial charge in [0, 0.05) is 43.5 Å². The number of hydrogen-bond donors (Lipinski definition) is 0. The number of ether oxygens (including phenoxy) is 1. The van der Waals surface area contributed by atoms with Crippen LogP contribution in [0.4, 0.5) is 4.39 Å². The van der Waals surface area contributed by atoms with Crippen LogP contribution in [0.25, 0.3) is 11.2 Å². The molecule has 4 aromatic rings. The van der Waals surface area contributed by atoms with Crippen LogP contribution >= 0.6 is 0 Å². The molecule has 1 saturated heterocycles. The molecule has 1 aliphatic rings. The molecule has 2 aromatic carbocycles. The second-order valence-electron chi connectivity index (χ2n) is 8.60. The van der Waals surface area contributed by atoms with Gasteiger partial charge in [0.25, 0.3) is 17.4 Å². The zero-order valence-corrected chi connectivity index (χ0v) is 20.1. The summed E-state index contributed by atoms with van der Waals surface area (Å²) in [6, 6.07) is 16.1. The van der Waals surface area contributed by atoms with Crippen LogP contribution in [0.15, 0.2) is 71.7 Å². The van der Waals surface area contributed by atoms with Crippen molar-refractivity contribution in [3.8, 4) is 5.75 Å². The molecule has 0 bridgehead atoms.